The maximum atomic E-state index is 14.3. The van der Waals surface area contributed by atoms with Crippen molar-refractivity contribution in [2.75, 3.05) is 19.6 Å². The summed E-state index contributed by atoms with van der Waals surface area (Å²) in [6.45, 7) is 5.52. The van der Waals surface area contributed by atoms with Crippen LogP contribution in [0.15, 0.2) is 54.6 Å². The highest BCUT2D eigenvalue weighted by atomic mass is 19.4. The van der Waals surface area contributed by atoms with E-state index in [1.165, 1.54) is 23.9 Å². The number of hydrogen-bond acceptors (Lipinski definition) is 3. The van der Waals surface area contributed by atoms with Crippen LogP contribution in [-0.4, -0.2) is 45.4 Å². The Balaban J connectivity index is 1.10. The lowest BCUT2D eigenvalue weighted by molar-refractivity contribution is -0.144. The summed E-state index contributed by atoms with van der Waals surface area (Å²) in [6, 6.07) is 14.3. The van der Waals surface area contributed by atoms with Crippen molar-refractivity contribution in [3.05, 3.63) is 88.5 Å². The first-order valence-electron chi connectivity index (χ1n) is 16.5. The van der Waals surface area contributed by atoms with E-state index in [1.807, 2.05) is 10.7 Å². The normalized spacial score (nSPS) is 23.8. The minimum Gasteiger partial charge on any atom is -0.481 e. The van der Waals surface area contributed by atoms with Gasteiger partial charge in [-0.3, -0.25) is 9.48 Å². The summed E-state index contributed by atoms with van der Waals surface area (Å²) in [6.07, 6.45) is 2.79. The Morgan fingerprint density at radius 1 is 1.02 bits per heavy atom. The number of piperidine rings is 1. The van der Waals surface area contributed by atoms with Crippen LogP contribution < -0.4 is 0 Å². The first kappa shape index (κ1) is 31.8. The lowest BCUT2D eigenvalue weighted by Crippen LogP contribution is -2.37. The molecule has 4 atom stereocenters. The molecule has 3 fully saturated rings. The van der Waals surface area contributed by atoms with Gasteiger partial charge < -0.3 is 10.0 Å². The Hall–Kier alpha value is -3.20. The summed E-state index contributed by atoms with van der Waals surface area (Å²) >= 11 is 0. The van der Waals surface area contributed by atoms with Crippen molar-refractivity contribution < 1.29 is 27.5 Å². The molecule has 3 aromatic rings. The second-order valence-corrected chi connectivity index (χ2v) is 13.6. The van der Waals surface area contributed by atoms with E-state index in [0.717, 1.165) is 100 Å². The van der Waals surface area contributed by atoms with Gasteiger partial charge in [-0.25, -0.2) is 4.39 Å². The Morgan fingerprint density at radius 2 is 1.76 bits per heavy atom. The molecule has 2 saturated carbocycles. The fourth-order valence-electron chi connectivity index (χ4n) is 7.97. The number of carboxylic acids is 1. The molecule has 45 heavy (non-hydrogen) atoms. The Kier molecular flexibility index (Phi) is 9.37. The molecule has 242 valence electrons. The molecule has 6 rings (SSSR count). The molecular formula is C36H43F4N3O2. The molecule has 5 nitrogen and oxygen atoms in total. The Bertz CT molecular complexity index is 1460. The van der Waals surface area contributed by atoms with Crippen molar-refractivity contribution >= 4 is 5.97 Å². The van der Waals surface area contributed by atoms with E-state index in [9.17, 15) is 27.5 Å². The van der Waals surface area contributed by atoms with Crippen LogP contribution in [0.25, 0.3) is 0 Å². The van der Waals surface area contributed by atoms with E-state index in [4.69, 9.17) is 5.10 Å². The number of aromatic nitrogens is 2. The molecule has 9 heteroatoms. The van der Waals surface area contributed by atoms with E-state index < -0.39 is 17.7 Å². The van der Waals surface area contributed by atoms with Crippen molar-refractivity contribution in [1.82, 2.24) is 14.7 Å². The van der Waals surface area contributed by atoms with Gasteiger partial charge in [0.25, 0.3) is 0 Å². The lowest BCUT2D eigenvalue weighted by Gasteiger charge is -2.35. The standard InChI is InChI=1S/C36H43F4N3O2/c1-2-43-34(21-31(41-43)16-23-8-10-29(11-9-23)36(38,39)40)25-12-14-42(15-13-25)22-28-18-27(33(35(44)45)17-24-6-7-24)20-32(28)26-4-3-5-30(37)19-26/h3-5,8-11,19,21,24-25,27-28,32-33H,2,6-7,12-18,20,22H2,1H3,(H,44,45)/t27?,28?,32?,33-/m0/s1. The quantitative estimate of drug-likeness (QED) is 0.219. The highest BCUT2D eigenvalue weighted by molar-refractivity contribution is 5.70. The largest absolute Gasteiger partial charge is 0.481 e. The molecule has 3 aliphatic rings. The van der Waals surface area contributed by atoms with Crippen LogP contribution >= 0.6 is 0 Å². The summed E-state index contributed by atoms with van der Waals surface area (Å²) in [5, 5.41) is 14.9. The van der Waals surface area contributed by atoms with Crippen molar-refractivity contribution in [2.45, 2.75) is 82.8 Å². The number of aryl methyl sites for hydroxylation is 1. The molecule has 0 amide bonds. The molecule has 2 aliphatic carbocycles. The minimum atomic E-state index is -4.35. The van der Waals surface area contributed by atoms with Crippen LogP contribution in [0, 0.1) is 29.5 Å². The maximum Gasteiger partial charge on any atom is 0.416 e. The fraction of sp³-hybridized carbons (Fsp3) is 0.556. The topological polar surface area (TPSA) is 58.4 Å². The summed E-state index contributed by atoms with van der Waals surface area (Å²) in [4.78, 5) is 14.8. The van der Waals surface area contributed by atoms with Gasteiger partial charge in [0.1, 0.15) is 5.82 Å². The van der Waals surface area contributed by atoms with E-state index in [-0.39, 0.29) is 29.5 Å². The van der Waals surface area contributed by atoms with Crippen LogP contribution in [0.2, 0.25) is 0 Å². The number of rotatable bonds is 11. The van der Waals surface area contributed by atoms with Crippen LogP contribution in [0.1, 0.15) is 91.8 Å². The zero-order chi connectivity index (χ0) is 31.7. The van der Waals surface area contributed by atoms with Gasteiger partial charge in [-0.2, -0.15) is 18.3 Å². The second kappa shape index (κ2) is 13.3. The van der Waals surface area contributed by atoms with Crippen molar-refractivity contribution in [3.63, 3.8) is 0 Å². The Morgan fingerprint density at radius 3 is 2.38 bits per heavy atom. The van der Waals surface area contributed by atoms with Crippen LogP contribution in [0.3, 0.4) is 0 Å². The molecule has 2 heterocycles. The zero-order valence-electron chi connectivity index (χ0n) is 25.9. The summed E-state index contributed by atoms with van der Waals surface area (Å²) in [5.74, 6) is 0.190. The predicted molar refractivity (Wildman–Crippen MR) is 164 cm³/mol. The van der Waals surface area contributed by atoms with E-state index in [2.05, 4.69) is 17.9 Å². The third-order valence-electron chi connectivity index (χ3n) is 10.5. The van der Waals surface area contributed by atoms with Crippen molar-refractivity contribution in [3.8, 4) is 0 Å². The maximum absolute atomic E-state index is 14.3. The van der Waals surface area contributed by atoms with Crippen molar-refractivity contribution in [2.24, 2.45) is 23.7 Å². The molecule has 3 unspecified atom stereocenters. The van der Waals surface area contributed by atoms with Gasteiger partial charge in [0.15, 0.2) is 0 Å². The number of carboxylic acid groups (broad SMARTS) is 1. The molecule has 1 aliphatic heterocycles. The molecule has 1 N–H and O–H groups in total. The molecule has 0 radical (unpaired) electrons. The zero-order valence-corrected chi connectivity index (χ0v) is 25.9. The van der Waals surface area contributed by atoms with Gasteiger partial charge >= 0.3 is 12.1 Å². The third kappa shape index (κ3) is 7.62. The van der Waals surface area contributed by atoms with E-state index in [1.54, 1.807) is 12.1 Å². The number of likely N-dealkylation sites (tertiary alicyclic amines) is 1. The van der Waals surface area contributed by atoms with Gasteiger partial charge in [0, 0.05) is 31.1 Å². The first-order chi connectivity index (χ1) is 21.6. The number of aliphatic carboxylic acids is 1. The average molecular weight is 626 g/mol. The molecule has 0 spiro atoms. The number of benzene rings is 2. The van der Waals surface area contributed by atoms with Gasteiger partial charge in [-0.15, -0.1) is 0 Å². The van der Waals surface area contributed by atoms with E-state index >= 15 is 0 Å². The predicted octanol–water partition coefficient (Wildman–Crippen LogP) is 8.14. The molecule has 1 aromatic heterocycles. The van der Waals surface area contributed by atoms with Crippen LogP contribution in [-0.2, 0) is 23.9 Å². The second-order valence-electron chi connectivity index (χ2n) is 13.6. The van der Waals surface area contributed by atoms with Crippen LogP contribution in [0.4, 0.5) is 17.6 Å². The number of hydrogen-bond donors (Lipinski definition) is 1. The molecule has 1 saturated heterocycles. The first-order valence-corrected chi connectivity index (χ1v) is 16.5. The van der Waals surface area contributed by atoms with E-state index in [0.29, 0.717) is 18.3 Å². The summed E-state index contributed by atoms with van der Waals surface area (Å²) in [7, 11) is 0. The average Bonchev–Trinajstić information content (AvgIpc) is 3.60. The highest BCUT2D eigenvalue weighted by Gasteiger charge is 2.44. The fourth-order valence-corrected chi connectivity index (χ4v) is 7.97. The monoisotopic (exact) mass is 625 g/mol. The van der Waals surface area contributed by atoms with Gasteiger partial charge in [0.2, 0.25) is 0 Å². The number of nitrogens with zero attached hydrogens (tertiary/aromatic N) is 3. The van der Waals surface area contributed by atoms with Gasteiger partial charge in [-0.1, -0.05) is 37.1 Å². The smallest absolute Gasteiger partial charge is 0.416 e. The highest BCUT2D eigenvalue weighted by Crippen LogP contribution is 2.50. The van der Waals surface area contributed by atoms with Gasteiger partial charge in [0.05, 0.1) is 17.2 Å². The minimum absolute atomic E-state index is 0.112. The third-order valence-corrected chi connectivity index (χ3v) is 10.5. The Labute approximate surface area is 262 Å². The van der Waals surface area contributed by atoms with Gasteiger partial charge in [-0.05, 0) is 117 Å². The van der Waals surface area contributed by atoms with Crippen molar-refractivity contribution in [1.29, 1.82) is 0 Å². The molecule has 2 aromatic carbocycles. The number of halogens is 4. The SMILES string of the molecule is CCn1nc(Cc2ccc(C(F)(F)F)cc2)cc1C1CCN(CC2CC([C@H](CC3CC3)C(=O)O)CC2c2cccc(F)c2)CC1. The lowest BCUT2D eigenvalue weighted by atomic mass is 9.85. The number of alkyl halides is 3. The molecular weight excluding hydrogens is 582 g/mol. The molecule has 0 bridgehead atoms. The summed E-state index contributed by atoms with van der Waals surface area (Å²) < 4.78 is 55.2. The van der Waals surface area contributed by atoms with Crippen LogP contribution in [0.5, 0.6) is 0 Å². The number of carbonyl (C=O) groups is 1. The summed E-state index contributed by atoms with van der Waals surface area (Å²) in [5.41, 5.74) is 3.19.